The molecule has 2 nitrogen and oxygen atoms in total. The lowest BCUT2D eigenvalue weighted by atomic mass is 9.98. The quantitative estimate of drug-likeness (QED) is 0.907. The Morgan fingerprint density at radius 1 is 1.16 bits per heavy atom. The lowest BCUT2D eigenvalue weighted by molar-refractivity contribution is -0.138. The van der Waals surface area contributed by atoms with E-state index in [-0.39, 0.29) is 5.56 Å². The van der Waals surface area contributed by atoms with E-state index in [0.717, 1.165) is 6.07 Å². The number of hydrogen-bond acceptors (Lipinski definition) is 2. The van der Waals surface area contributed by atoms with Crippen LogP contribution in [0.25, 0.3) is 0 Å². The summed E-state index contributed by atoms with van der Waals surface area (Å²) in [5.74, 6) is 0.471. The van der Waals surface area contributed by atoms with Crippen LogP contribution in [0.5, 0.6) is 0 Å². The van der Waals surface area contributed by atoms with E-state index in [1.54, 1.807) is 18.2 Å². The van der Waals surface area contributed by atoms with Crippen LogP contribution < -0.4 is 5.32 Å². The minimum Gasteiger partial charge on any atom is -0.467 e. The van der Waals surface area contributed by atoms with Gasteiger partial charge in [-0.3, -0.25) is 0 Å². The van der Waals surface area contributed by atoms with Crippen LogP contribution in [0.15, 0.2) is 47.1 Å². The zero-order valence-corrected chi connectivity index (χ0v) is 10.4. The second-order valence-corrected chi connectivity index (χ2v) is 4.09. The average Bonchev–Trinajstić information content (AvgIpc) is 2.88. The summed E-state index contributed by atoms with van der Waals surface area (Å²) in [5, 5.41) is 3.02. The number of nitrogens with one attached hydrogen (secondary N) is 1. The first-order chi connectivity index (χ1) is 9.04. The molecule has 0 amide bonds. The van der Waals surface area contributed by atoms with Gasteiger partial charge in [-0.25, -0.2) is 0 Å². The highest BCUT2D eigenvalue weighted by atomic mass is 19.4. The van der Waals surface area contributed by atoms with Gasteiger partial charge >= 0.3 is 6.18 Å². The zero-order valence-electron chi connectivity index (χ0n) is 10.4. The van der Waals surface area contributed by atoms with Gasteiger partial charge in [-0.05, 0) is 30.3 Å². The topological polar surface area (TPSA) is 25.2 Å². The maximum atomic E-state index is 13.0. The summed E-state index contributed by atoms with van der Waals surface area (Å²) in [4.78, 5) is 0. The molecular weight excluding hydrogens is 255 g/mol. The first-order valence-corrected chi connectivity index (χ1v) is 5.97. The normalized spacial score (nSPS) is 13.5. The number of furan rings is 1. The van der Waals surface area contributed by atoms with E-state index < -0.39 is 17.8 Å². The fourth-order valence-corrected chi connectivity index (χ4v) is 2.03. The predicted molar refractivity (Wildman–Crippen MR) is 65.7 cm³/mol. The molecule has 0 bridgehead atoms. The minimum atomic E-state index is -4.38. The summed E-state index contributed by atoms with van der Waals surface area (Å²) in [6, 6.07) is 8.27. The van der Waals surface area contributed by atoms with Crippen LogP contribution in [0.1, 0.15) is 29.9 Å². The van der Waals surface area contributed by atoms with Gasteiger partial charge in [-0.2, -0.15) is 13.2 Å². The van der Waals surface area contributed by atoms with Gasteiger partial charge in [0, 0.05) is 0 Å². The summed E-state index contributed by atoms with van der Waals surface area (Å²) < 4.78 is 44.3. The molecule has 0 saturated carbocycles. The Hall–Kier alpha value is -1.75. The van der Waals surface area contributed by atoms with Crippen molar-refractivity contribution in [3.05, 3.63) is 59.5 Å². The molecule has 0 aliphatic rings. The van der Waals surface area contributed by atoms with Crippen molar-refractivity contribution in [1.29, 1.82) is 0 Å². The lowest BCUT2D eigenvalue weighted by Crippen LogP contribution is -2.24. The molecule has 1 unspecified atom stereocenters. The van der Waals surface area contributed by atoms with Crippen LogP contribution in [0.2, 0.25) is 0 Å². The van der Waals surface area contributed by atoms with Gasteiger partial charge < -0.3 is 9.73 Å². The van der Waals surface area contributed by atoms with Crippen molar-refractivity contribution in [3.63, 3.8) is 0 Å². The lowest BCUT2D eigenvalue weighted by Gasteiger charge is -2.20. The monoisotopic (exact) mass is 269 g/mol. The van der Waals surface area contributed by atoms with E-state index >= 15 is 0 Å². The molecule has 1 heterocycles. The highest BCUT2D eigenvalue weighted by molar-refractivity contribution is 5.36. The van der Waals surface area contributed by atoms with Crippen LogP contribution in [0.4, 0.5) is 13.2 Å². The Balaban J connectivity index is 2.48. The molecular formula is C14H14F3NO. The minimum absolute atomic E-state index is 0.173. The fraction of sp³-hybridized carbons (Fsp3) is 0.286. The maximum Gasteiger partial charge on any atom is 0.416 e. The van der Waals surface area contributed by atoms with Crippen LogP contribution in [0.3, 0.4) is 0 Å². The molecule has 0 spiro atoms. The zero-order chi connectivity index (χ0) is 13.9. The van der Waals surface area contributed by atoms with Crippen molar-refractivity contribution in [2.75, 3.05) is 6.54 Å². The third-order valence-electron chi connectivity index (χ3n) is 2.81. The first-order valence-electron chi connectivity index (χ1n) is 5.97. The summed E-state index contributed by atoms with van der Waals surface area (Å²) in [6.45, 7) is 2.38. The fourth-order valence-electron chi connectivity index (χ4n) is 2.03. The molecule has 19 heavy (non-hydrogen) atoms. The standard InChI is InChI=1S/C14H14F3NO/c1-2-18-13(12-8-5-9-19-12)10-6-3-4-7-11(10)14(15,16)17/h3-9,13,18H,2H2,1H3. The molecule has 0 radical (unpaired) electrons. The molecule has 0 saturated heterocycles. The van der Waals surface area contributed by atoms with Crippen molar-refractivity contribution >= 4 is 0 Å². The van der Waals surface area contributed by atoms with Gasteiger partial charge in [-0.15, -0.1) is 0 Å². The van der Waals surface area contributed by atoms with Crippen molar-refractivity contribution in [2.24, 2.45) is 0 Å². The molecule has 0 aliphatic heterocycles. The van der Waals surface area contributed by atoms with Gasteiger partial charge in [-0.1, -0.05) is 25.1 Å². The number of benzene rings is 1. The van der Waals surface area contributed by atoms with Crippen LogP contribution in [-0.2, 0) is 6.18 Å². The van der Waals surface area contributed by atoms with Gasteiger partial charge in [0.15, 0.2) is 0 Å². The third-order valence-corrected chi connectivity index (χ3v) is 2.81. The van der Waals surface area contributed by atoms with Crippen molar-refractivity contribution in [1.82, 2.24) is 5.32 Å². The molecule has 2 aromatic rings. The summed E-state index contributed by atoms with van der Waals surface area (Å²) >= 11 is 0. The van der Waals surface area contributed by atoms with E-state index in [4.69, 9.17) is 4.42 Å². The number of rotatable bonds is 4. The molecule has 0 aliphatic carbocycles. The molecule has 1 aromatic carbocycles. The Morgan fingerprint density at radius 3 is 2.47 bits per heavy atom. The maximum absolute atomic E-state index is 13.0. The largest absolute Gasteiger partial charge is 0.467 e. The second-order valence-electron chi connectivity index (χ2n) is 4.09. The number of halogens is 3. The Bertz CT molecular complexity index is 520. The van der Waals surface area contributed by atoms with Gasteiger partial charge in [0.1, 0.15) is 5.76 Å². The third kappa shape index (κ3) is 2.98. The molecule has 1 aromatic heterocycles. The van der Waals surface area contributed by atoms with E-state index in [1.807, 2.05) is 6.92 Å². The van der Waals surface area contributed by atoms with Crippen LogP contribution >= 0.6 is 0 Å². The molecule has 1 N–H and O–H groups in total. The first kappa shape index (κ1) is 13.7. The molecule has 102 valence electrons. The Morgan fingerprint density at radius 2 is 1.89 bits per heavy atom. The van der Waals surface area contributed by atoms with Crippen molar-refractivity contribution < 1.29 is 17.6 Å². The van der Waals surface area contributed by atoms with Crippen LogP contribution in [-0.4, -0.2) is 6.54 Å². The van der Waals surface area contributed by atoms with Gasteiger partial charge in [0.25, 0.3) is 0 Å². The SMILES string of the molecule is CCNC(c1ccco1)c1ccccc1C(F)(F)F. The molecule has 2 rings (SSSR count). The summed E-state index contributed by atoms with van der Waals surface area (Å²) in [5.41, 5.74) is -0.468. The van der Waals surface area contributed by atoms with Crippen molar-refractivity contribution in [2.45, 2.75) is 19.1 Å². The van der Waals surface area contributed by atoms with E-state index in [0.29, 0.717) is 12.3 Å². The van der Waals surface area contributed by atoms with E-state index in [9.17, 15) is 13.2 Å². The number of alkyl halides is 3. The Kier molecular flexibility index (Phi) is 3.95. The van der Waals surface area contributed by atoms with E-state index in [1.165, 1.54) is 18.4 Å². The van der Waals surface area contributed by atoms with Gasteiger partial charge in [0.05, 0.1) is 17.9 Å². The average molecular weight is 269 g/mol. The predicted octanol–water partition coefficient (Wildman–Crippen LogP) is 4.00. The van der Waals surface area contributed by atoms with Gasteiger partial charge in [0.2, 0.25) is 0 Å². The molecule has 0 fully saturated rings. The second kappa shape index (κ2) is 5.48. The van der Waals surface area contributed by atoms with E-state index in [2.05, 4.69) is 5.32 Å². The van der Waals surface area contributed by atoms with Crippen LogP contribution in [0, 0.1) is 0 Å². The summed E-state index contributed by atoms with van der Waals surface area (Å²) in [7, 11) is 0. The number of hydrogen-bond donors (Lipinski definition) is 1. The molecule has 1 atom stereocenters. The summed E-state index contributed by atoms with van der Waals surface area (Å²) in [6.07, 6.45) is -2.92. The smallest absolute Gasteiger partial charge is 0.416 e. The highest BCUT2D eigenvalue weighted by Crippen LogP contribution is 2.36. The highest BCUT2D eigenvalue weighted by Gasteiger charge is 2.35. The Labute approximate surface area is 109 Å². The van der Waals surface area contributed by atoms with Crippen molar-refractivity contribution in [3.8, 4) is 0 Å². The molecule has 5 heteroatoms.